The second kappa shape index (κ2) is 8.80. The lowest BCUT2D eigenvalue weighted by molar-refractivity contribution is -0.126. The van der Waals surface area contributed by atoms with Crippen molar-refractivity contribution in [2.75, 3.05) is 13.1 Å². The topological polar surface area (TPSA) is 119 Å². The van der Waals surface area contributed by atoms with Crippen molar-refractivity contribution in [1.82, 2.24) is 19.8 Å². The Kier molecular flexibility index (Phi) is 5.87. The van der Waals surface area contributed by atoms with Gasteiger partial charge < -0.3 is 14.3 Å². The van der Waals surface area contributed by atoms with Crippen molar-refractivity contribution in [2.45, 2.75) is 48.8 Å². The summed E-state index contributed by atoms with van der Waals surface area (Å²) in [5, 5.41) is 8.60. The molecule has 1 saturated heterocycles. The number of amides is 1. The molecule has 0 radical (unpaired) electrons. The summed E-state index contributed by atoms with van der Waals surface area (Å²) >= 11 is 1.14. The zero-order chi connectivity index (χ0) is 22.1. The Morgan fingerprint density at radius 3 is 2.91 bits per heavy atom. The average Bonchev–Trinajstić information content (AvgIpc) is 3.52. The second-order valence-electron chi connectivity index (χ2n) is 8.24. The number of carbonyl (C=O) groups is 1. The predicted octanol–water partition coefficient (Wildman–Crippen LogP) is 3.38. The second-order valence-corrected chi connectivity index (χ2v) is 11.3. The summed E-state index contributed by atoms with van der Waals surface area (Å²) in [6.07, 6.45) is 6.10. The Bertz CT molecular complexity index is 1180. The Morgan fingerprint density at radius 2 is 2.16 bits per heavy atom. The fraction of sp³-hybridized carbons (Fsp3) is 0.476. The molecule has 1 amide bonds. The van der Waals surface area contributed by atoms with E-state index in [1.54, 1.807) is 29.8 Å². The van der Waals surface area contributed by atoms with Gasteiger partial charge in [0.05, 0.1) is 18.7 Å². The number of nitrogens with zero attached hydrogens (tertiary/aromatic N) is 3. The molecule has 4 heterocycles. The summed E-state index contributed by atoms with van der Waals surface area (Å²) in [6.45, 7) is 0.843. The third-order valence-electron chi connectivity index (χ3n) is 6.10. The van der Waals surface area contributed by atoms with E-state index in [2.05, 4.69) is 15.5 Å². The summed E-state index contributed by atoms with van der Waals surface area (Å²) in [5.74, 6) is 1.47. The van der Waals surface area contributed by atoms with Crippen molar-refractivity contribution < 1.29 is 22.2 Å². The van der Waals surface area contributed by atoms with E-state index in [0.29, 0.717) is 48.3 Å². The number of sulfonamides is 1. The molecule has 32 heavy (non-hydrogen) atoms. The molecule has 170 valence electrons. The van der Waals surface area contributed by atoms with Crippen LogP contribution < -0.4 is 5.32 Å². The average molecular weight is 477 g/mol. The quantitative estimate of drug-likeness (QED) is 0.555. The van der Waals surface area contributed by atoms with Gasteiger partial charge in [-0.1, -0.05) is 11.6 Å². The van der Waals surface area contributed by atoms with Crippen LogP contribution in [0.1, 0.15) is 49.7 Å². The van der Waals surface area contributed by atoms with Crippen LogP contribution in [0.5, 0.6) is 0 Å². The van der Waals surface area contributed by atoms with Gasteiger partial charge in [0.15, 0.2) is 0 Å². The van der Waals surface area contributed by atoms with Crippen LogP contribution in [0.25, 0.3) is 11.4 Å². The van der Waals surface area contributed by atoms with Gasteiger partial charge in [-0.3, -0.25) is 4.79 Å². The molecule has 0 unspecified atom stereocenters. The molecular weight excluding hydrogens is 452 g/mol. The van der Waals surface area contributed by atoms with E-state index in [9.17, 15) is 13.2 Å². The largest absolute Gasteiger partial charge is 0.467 e. The highest BCUT2D eigenvalue weighted by Gasteiger charge is 2.34. The molecule has 5 rings (SSSR count). The highest BCUT2D eigenvalue weighted by Crippen LogP contribution is 2.37. The van der Waals surface area contributed by atoms with Crippen LogP contribution in [-0.2, 0) is 21.4 Å². The molecule has 3 aromatic heterocycles. The minimum Gasteiger partial charge on any atom is -0.467 e. The number of thiophene rings is 1. The van der Waals surface area contributed by atoms with Gasteiger partial charge in [-0.2, -0.15) is 9.29 Å². The van der Waals surface area contributed by atoms with E-state index < -0.39 is 15.9 Å². The highest BCUT2D eigenvalue weighted by atomic mass is 32.2. The van der Waals surface area contributed by atoms with Gasteiger partial charge in [0.1, 0.15) is 9.97 Å². The molecule has 11 heteroatoms. The highest BCUT2D eigenvalue weighted by molar-refractivity contribution is 7.91. The number of rotatable bonds is 7. The Labute approximate surface area is 189 Å². The van der Waals surface area contributed by atoms with E-state index >= 15 is 0 Å². The molecule has 1 N–H and O–H groups in total. The number of hydrogen-bond donors (Lipinski definition) is 1. The van der Waals surface area contributed by atoms with Crippen molar-refractivity contribution in [3.05, 3.63) is 41.5 Å². The number of furan rings is 1. The van der Waals surface area contributed by atoms with Gasteiger partial charge >= 0.3 is 0 Å². The van der Waals surface area contributed by atoms with Crippen LogP contribution in [0.2, 0.25) is 0 Å². The zero-order valence-corrected chi connectivity index (χ0v) is 19.0. The minimum atomic E-state index is -3.71. The third kappa shape index (κ3) is 4.24. The molecule has 1 aliphatic heterocycles. The smallest absolute Gasteiger partial charge is 0.252 e. The van der Waals surface area contributed by atoms with Crippen LogP contribution in [0.3, 0.4) is 0 Å². The lowest BCUT2D eigenvalue weighted by Gasteiger charge is -2.30. The Hall–Kier alpha value is -2.50. The van der Waals surface area contributed by atoms with Crippen molar-refractivity contribution >= 4 is 27.3 Å². The maximum absolute atomic E-state index is 13.2. The maximum atomic E-state index is 13.2. The minimum absolute atomic E-state index is 0.160. The lowest BCUT2D eigenvalue weighted by Crippen LogP contribution is -2.45. The van der Waals surface area contributed by atoms with Gasteiger partial charge in [-0.15, -0.1) is 11.3 Å². The molecule has 3 aromatic rings. The van der Waals surface area contributed by atoms with E-state index in [-0.39, 0.29) is 23.2 Å². The molecule has 1 atom stereocenters. The summed E-state index contributed by atoms with van der Waals surface area (Å²) in [6, 6.07) is 5.13. The third-order valence-corrected chi connectivity index (χ3v) is 9.38. The molecule has 0 bridgehead atoms. The fourth-order valence-electron chi connectivity index (χ4n) is 3.98. The molecule has 2 aliphatic rings. The summed E-state index contributed by atoms with van der Waals surface area (Å²) < 4.78 is 38.7. The monoisotopic (exact) mass is 476 g/mol. The number of nitrogens with one attached hydrogen (secondary N) is 1. The van der Waals surface area contributed by atoms with Crippen LogP contribution in [0.4, 0.5) is 0 Å². The molecule has 0 aromatic carbocycles. The summed E-state index contributed by atoms with van der Waals surface area (Å²) in [5.41, 5.74) is 0.632. The van der Waals surface area contributed by atoms with Gasteiger partial charge in [-0.05, 0) is 43.9 Å². The van der Waals surface area contributed by atoms with Crippen molar-refractivity contribution in [3.8, 4) is 11.4 Å². The van der Waals surface area contributed by atoms with Crippen LogP contribution >= 0.6 is 11.3 Å². The van der Waals surface area contributed by atoms with E-state index in [0.717, 1.165) is 24.2 Å². The van der Waals surface area contributed by atoms with E-state index in [1.165, 1.54) is 10.7 Å². The first kappa shape index (κ1) is 21.4. The lowest BCUT2D eigenvalue weighted by atomic mass is 9.85. The SMILES string of the molecule is O=C(NCc1ccco1)[C@@H]1CCCN(S(=O)(=O)c2cc(-c3noc(C4CCC4)n3)cs2)C1. The molecule has 1 saturated carbocycles. The van der Waals surface area contributed by atoms with E-state index in [4.69, 9.17) is 8.94 Å². The van der Waals surface area contributed by atoms with Gasteiger partial charge in [0.2, 0.25) is 17.6 Å². The Morgan fingerprint density at radius 1 is 1.28 bits per heavy atom. The fourth-order valence-corrected chi connectivity index (χ4v) is 6.81. The van der Waals surface area contributed by atoms with Crippen molar-refractivity contribution in [2.24, 2.45) is 5.92 Å². The van der Waals surface area contributed by atoms with Crippen LogP contribution in [-0.4, -0.2) is 41.9 Å². The number of piperidine rings is 1. The first-order valence-corrected chi connectivity index (χ1v) is 13.1. The predicted molar refractivity (Wildman–Crippen MR) is 116 cm³/mol. The van der Waals surface area contributed by atoms with Crippen LogP contribution in [0.15, 0.2) is 43.0 Å². The Balaban J connectivity index is 1.25. The van der Waals surface area contributed by atoms with E-state index in [1.807, 2.05) is 0 Å². The van der Waals surface area contributed by atoms with Gasteiger partial charge in [-0.25, -0.2) is 8.42 Å². The standard InChI is InChI=1S/C21H24N4O5S2/c26-20(22-11-17-7-3-9-29-17)15-6-2-8-25(12-15)32(27,28)18-10-16(13-31-18)19-23-21(30-24-19)14-4-1-5-14/h3,7,9-10,13-15H,1-2,4-6,8,11-12H2,(H,22,26)/t15-/m1/s1. The number of hydrogen-bond acceptors (Lipinski definition) is 8. The maximum Gasteiger partial charge on any atom is 0.252 e. The van der Waals surface area contributed by atoms with Crippen LogP contribution in [0, 0.1) is 5.92 Å². The molecule has 9 nitrogen and oxygen atoms in total. The summed E-state index contributed by atoms with van der Waals surface area (Å²) in [4.78, 5) is 17.0. The molecule has 1 aliphatic carbocycles. The summed E-state index contributed by atoms with van der Waals surface area (Å²) in [7, 11) is -3.71. The molecular formula is C21H24N4O5S2. The normalized spacial score (nSPS) is 20.2. The first-order chi connectivity index (χ1) is 15.5. The first-order valence-electron chi connectivity index (χ1n) is 10.7. The van der Waals surface area contributed by atoms with Crippen molar-refractivity contribution in [1.29, 1.82) is 0 Å². The molecule has 2 fully saturated rings. The number of aromatic nitrogens is 2. The zero-order valence-electron chi connectivity index (χ0n) is 17.4. The van der Waals surface area contributed by atoms with Gasteiger partial charge in [0.25, 0.3) is 10.0 Å². The number of carbonyl (C=O) groups excluding carboxylic acids is 1. The molecule has 0 spiro atoms. The van der Waals surface area contributed by atoms with Crippen molar-refractivity contribution in [3.63, 3.8) is 0 Å². The van der Waals surface area contributed by atoms with Gasteiger partial charge in [0, 0.05) is 30.0 Å².